The van der Waals surface area contributed by atoms with E-state index in [-0.39, 0.29) is 17.6 Å². The fourth-order valence-electron chi connectivity index (χ4n) is 4.08. The molecule has 1 saturated heterocycles. The molecule has 0 spiro atoms. The third-order valence-corrected chi connectivity index (χ3v) is 5.64. The Hall–Kier alpha value is -2.83. The lowest BCUT2D eigenvalue weighted by Crippen LogP contribution is -2.43. The number of likely N-dealkylation sites (tertiary alicyclic amines) is 1. The lowest BCUT2D eigenvalue weighted by molar-refractivity contribution is 0.0647. The molecule has 0 unspecified atom stereocenters. The summed E-state index contributed by atoms with van der Waals surface area (Å²) >= 11 is 0. The SMILES string of the molecule is O=C(c1ccco1)N1CCC[C@H](n2c(=O)n(CC3CC3)c3cccnc32)C1. The molecule has 0 radical (unpaired) electrons. The summed E-state index contributed by atoms with van der Waals surface area (Å²) in [5, 5.41) is 0. The van der Waals surface area contributed by atoms with Gasteiger partial charge in [0, 0.05) is 25.8 Å². The van der Waals surface area contributed by atoms with Crippen molar-refractivity contribution in [2.24, 2.45) is 5.92 Å². The molecule has 1 atom stereocenters. The Bertz CT molecular complexity index is 1030. The zero-order valence-corrected chi connectivity index (χ0v) is 15.1. The summed E-state index contributed by atoms with van der Waals surface area (Å²) in [6.45, 7) is 1.94. The average molecular weight is 366 g/mol. The summed E-state index contributed by atoms with van der Waals surface area (Å²) < 4.78 is 8.94. The van der Waals surface area contributed by atoms with Crippen LogP contribution in [0.15, 0.2) is 45.9 Å². The van der Waals surface area contributed by atoms with Crippen molar-refractivity contribution < 1.29 is 9.21 Å². The van der Waals surface area contributed by atoms with Crippen LogP contribution in [0.2, 0.25) is 0 Å². The first-order chi connectivity index (χ1) is 13.2. The summed E-state index contributed by atoms with van der Waals surface area (Å²) in [5.74, 6) is 0.829. The molecule has 0 aromatic carbocycles. The fourth-order valence-corrected chi connectivity index (χ4v) is 4.08. The highest BCUT2D eigenvalue weighted by atomic mass is 16.3. The highest BCUT2D eigenvalue weighted by molar-refractivity contribution is 5.91. The number of hydrogen-bond donors (Lipinski definition) is 0. The maximum Gasteiger partial charge on any atom is 0.330 e. The molecule has 3 aromatic heterocycles. The van der Waals surface area contributed by atoms with Gasteiger partial charge in [-0.05, 0) is 55.9 Å². The van der Waals surface area contributed by atoms with Crippen LogP contribution in [0, 0.1) is 5.92 Å². The van der Waals surface area contributed by atoms with Crippen LogP contribution in [0.25, 0.3) is 11.2 Å². The molecule has 0 N–H and O–H groups in total. The number of amides is 1. The maximum atomic E-state index is 13.2. The van der Waals surface area contributed by atoms with Crippen molar-refractivity contribution in [1.29, 1.82) is 0 Å². The molecule has 1 aliphatic carbocycles. The fraction of sp³-hybridized carbons (Fsp3) is 0.450. The van der Waals surface area contributed by atoms with Crippen LogP contribution < -0.4 is 5.69 Å². The minimum Gasteiger partial charge on any atom is -0.459 e. The van der Waals surface area contributed by atoms with Gasteiger partial charge in [-0.15, -0.1) is 0 Å². The number of imidazole rings is 1. The lowest BCUT2D eigenvalue weighted by Gasteiger charge is -2.32. The molecule has 0 bridgehead atoms. The molecule has 1 saturated carbocycles. The molecule has 2 aliphatic rings. The predicted molar refractivity (Wildman–Crippen MR) is 99.6 cm³/mol. The minimum absolute atomic E-state index is 0.00658. The molecule has 2 fully saturated rings. The van der Waals surface area contributed by atoms with Gasteiger partial charge in [-0.3, -0.25) is 13.9 Å². The number of pyridine rings is 1. The van der Waals surface area contributed by atoms with Gasteiger partial charge in [0.2, 0.25) is 0 Å². The van der Waals surface area contributed by atoms with E-state index < -0.39 is 0 Å². The topological polar surface area (TPSA) is 73.3 Å². The van der Waals surface area contributed by atoms with E-state index in [0.29, 0.717) is 24.8 Å². The van der Waals surface area contributed by atoms with Crippen molar-refractivity contribution in [3.05, 3.63) is 53.0 Å². The molecule has 140 valence electrons. The largest absolute Gasteiger partial charge is 0.459 e. The monoisotopic (exact) mass is 366 g/mol. The molecule has 27 heavy (non-hydrogen) atoms. The second kappa shape index (κ2) is 6.40. The molecule has 3 aromatic rings. The number of fused-ring (bicyclic) bond motifs is 1. The van der Waals surface area contributed by atoms with E-state index in [1.54, 1.807) is 27.8 Å². The zero-order chi connectivity index (χ0) is 18.4. The van der Waals surface area contributed by atoms with E-state index >= 15 is 0 Å². The second-order valence-corrected chi connectivity index (χ2v) is 7.58. The van der Waals surface area contributed by atoms with Crippen molar-refractivity contribution in [3.8, 4) is 0 Å². The Morgan fingerprint density at radius 1 is 1.22 bits per heavy atom. The first-order valence-corrected chi connectivity index (χ1v) is 9.61. The zero-order valence-electron chi connectivity index (χ0n) is 15.1. The van der Waals surface area contributed by atoms with Gasteiger partial charge in [0.15, 0.2) is 11.4 Å². The second-order valence-electron chi connectivity index (χ2n) is 7.58. The summed E-state index contributed by atoms with van der Waals surface area (Å²) in [4.78, 5) is 32.2. The third-order valence-electron chi connectivity index (χ3n) is 5.64. The van der Waals surface area contributed by atoms with Crippen molar-refractivity contribution in [2.45, 2.75) is 38.3 Å². The Kier molecular flexibility index (Phi) is 3.88. The van der Waals surface area contributed by atoms with Gasteiger partial charge >= 0.3 is 5.69 Å². The van der Waals surface area contributed by atoms with E-state index in [4.69, 9.17) is 4.42 Å². The molecule has 4 heterocycles. The molecular weight excluding hydrogens is 344 g/mol. The Labute approximate surface area is 156 Å². The average Bonchev–Trinajstić information content (AvgIpc) is 3.26. The van der Waals surface area contributed by atoms with Crippen LogP contribution in [0.4, 0.5) is 0 Å². The first kappa shape index (κ1) is 16.4. The van der Waals surface area contributed by atoms with Gasteiger partial charge in [-0.25, -0.2) is 9.78 Å². The van der Waals surface area contributed by atoms with Gasteiger partial charge in [-0.2, -0.15) is 0 Å². The Balaban J connectivity index is 1.50. The minimum atomic E-state index is -0.118. The first-order valence-electron chi connectivity index (χ1n) is 9.61. The highest BCUT2D eigenvalue weighted by Gasteiger charge is 2.31. The van der Waals surface area contributed by atoms with Gasteiger partial charge in [0.05, 0.1) is 17.8 Å². The normalized spacial score (nSPS) is 20.3. The molecule has 7 nitrogen and oxygen atoms in total. The Morgan fingerprint density at radius 2 is 2.11 bits per heavy atom. The van der Waals surface area contributed by atoms with Crippen LogP contribution in [0.3, 0.4) is 0 Å². The van der Waals surface area contributed by atoms with Crippen molar-refractivity contribution >= 4 is 17.1 Å². The summed E-state index contributed by atoms with van der Waals surface area (Å²) in [6.07, 6.45) is 7.33. The summed E-state index contributed by atoms with van der Waals surface area (Å²) in [7, 11) is 0. The standard InChI is InChI=1S/C20H22N4O3/c25-19(17-6-3-11-27-17)22-10-2-4-15(13-22)24-18-16(5-1-9-21-18)23(20(24)26)12-14-7-8-14/h1,3,5-6,9,11,14-15H,2,4,7-8,10,12-13H2/t15-/m0/s1. The summed E-state index contributed by atoms with van der Waals surface area (Å²) in [5.41, 5.74) is 1.61. The van der Waals surface area contributed by atoms with Gasteiger partial charge in [0.25, 0.3) is 5.91 Å². The predicted octanol–water partition coefficient (Wildman–Crippen LogP) is 2.68. The number of piperidine rings is 1. The molecule has 1 aliphatic heterocycles. The lowest BCUT2D eigenvalue weighted by atomic mass is 10.1. The van der Waals surface area contributed by atoms with E-state index in [9.17, 15) is 9.59 Å². The quantitative estimate of drug-likeness (QED) is 0.712. The summed E-state index contributed by atoms with van der Waals surface area (Å²) in [6, 6.07) is 7.18. The molecular formula is C20H22N4O3. The Morgan fingerprint density at radius 3 is 2.89 bits per heavy atom. The van der Waals surface area contributed by atoms with Crippen molar-refractivity contribution in [2.75, 3.05) is 13.1 Å². The van der Waals surface area contributed by atoms with Gasteiger partial charge in [-0.1, -0.05) is 0 Å². The molecule has 1 amide bonds. The van der Waals surface area contributed by atoms with Crippen molar-refractivity contribution in [3.63, 3.8) is 0 Å². The van der Waals surface area contributed by atoms with E-state index in [1.165, 1.54) is 19.1 Å². The van der Waals surface area contributed by atoms with Gasteiger partial charge in [0.1, 0.15) is 0 Å². The van der Waals surface area contributed by atoms with Gasteiger partial charge < -0.3 is 9.32 Å². The maximum absolute atomic E-state index is 13.2. The number of rotatable bonds is 4. The molecule has 7 heteroatoms. The third kappa shape index (κ3) is 2.87. The van der Waals surface area contributed by atoms with Crippen molar-refractivity contribution in [1.82, 2.24) is 19.0 Å². The number of carbonyl (C=O) groups is 1. The van der Waals surface area contributed by atoms with Crippen LogP contribution in [0.1, 0.15) is 42.3 Å². The van der Waals surface area contributed by atoms with E-state index in [0.717, 1.165) is 30.6 Å². The number of hydrogen-bond acceptors (Lipinski definition) is 4. The van der Waals surface area contributed by atoms with Crippen LogP contribution >= 0.6 is 0 Å². The van der Waals surface area contributed by atoms with E-state index in [1.807, 2.05) is 16.7 Å². The highest BCUT2D eigenvalue weighted by Crippen LogP contribution is 2.32. The van der Waals surface area contributed by atoms with E-state index in [2.05, 4.69) is 4.98 Å². The molecule has 5 rings (SSSR count). The number of furan rings is 1. The number of nitrogens with zero attached hydrogens (tertiary/aromatic N) is 4. The van der Waals surface area contributed by atoms with Crippen LogP contribution in [0.5, 0.6) is 0 Å². The number of carbonyl (C=O) groups excluding carboxylic acids is 1. The number of aromatic nitrogens is 3. The smallest absolute Gasteiger partial charge is 0.330 e. The van der Waals surface area contributed by atoms with Crippen LogP contribution in [-0.4, -0.2) is 38.0 Å². The van der Waals surface area contributed by atoms with Crippen LogP contribution in [-0.2, 0) is 6.54 Å².